The summed E-state index contributed by atoms with van der Waals surface area (Å²) in [6.45, 7) is 6.50. The number of rotatable bonds is 2. The molecule has 2 heterocycles. The second-order valence-electron chi connectivity index (χ2n) is 4.31. The van der Waals surface area contributed by atoms with Gasteiger partial charge in [0.1, 0.15) is 0 Å². The normalized spacial score (nSPS) is 12.2. The average molecular weight is 221 g/mol. The molecule has 1 N–H and O–H groups in total. The van der Waals surface area contributed by atoms with Crippen molar-refractivity contribution >= 4 is 23.4 Å². The van der Waals surface area contributed by atoms with E-state index in [2.05, 4.69) is 35.3 Å². The molecule has 0 fully saturated rings. The van der Waals surface area contributed by atoms with Gasteiger partial charge in [-0.25, -0.2) is 4.98 Å². The van der Waals surface area contributed by atoms with E-state index >= 15 is 0 Å². The Labute approximate surface area is 94.2 Å². The first kappa shape index (κ1) is 10.4. The molecule has 0 aliphatic carbocycles. The van der Waals surface area contributed by atoms with Crippen LogP contribution in [0.1, 0.15) is 27.2 Å². The molecule has 0 aliphatic heterocycles. The van der Waals surface area contributed by atoms with E-state index < -0.39 is 0 Å². The van der Waals surface area contributed by atoms with Crippen molar-refractivity contribution in [3.63, 3.8) is 0 Å². The van der Waals surface area contributed by atoms with E-state index in [0.717, 1.165) is 22.4 Å². The highest BCUT2D eigenvalue weighted by Crippen LogP contribution is 2.24. The summed E-state index contributed by atoms with van der Waals surface area (Å²) in [5, 5.41) is 0. The van der Waals surface area contributed by atoms with Crippen LogP contribution < -0.4 is 0 Å². The standard InChI is InChI=1S/C11H15N3S/c1-4-11(2,3)14-9-8(13-10(14)15)6-5-7-12-9/h5-7H,4H2,1-3H3,(H,13,15). The molecule has 15 heavy (non-hydrogen) atoms. The van der Waals surface area contributed by atoms with Gasteiger partial charge in [-0.05, 0) is 44.6 Å². The van der Waals surface area contributed by atoms with E-state index in [1.165, 1.54) is 0 Å². The molecule has 3 nitrogen and oxygen atoms in total. The molecule has 0 saturated carbocycles. The molecule has 2 aromatic heterocycles. The third kappa shape index (κ3) is 1.59. The molecule has 0 aromatic carbocycles. The molecular formula is C11H15N3S. The number of nitrogens with one attached hydrogen (secondary N) is 1. The first-order valence-corrected chi connectivity index (χ1v) is 5.53. The van der Waals surface area contributed by atoms with Gasteiger partial charge < -0.3 is 4.98 Å². The maximum atomic E-state index is 5.33. The second-order valence-corrected chi connectivity index (χ2v) is 4.69. The number of hydrogen-bond donors (Lipinski definition) is 1. The highest BCUT2D eigenvalue weighted by atomic mass is 32.1. The summed E-state index contributed by atoms with van der Waals surface area (Å²) in [7, 11) is 0. The number of H-pyrrole nitrogens is 1. The van der Waals surface area contributed by atoms with E-state index in [4.69, 9.17) is 12.2 Å². The Bertz CT molecular complexity index is 536. The number of aromatic nitrogens is 3. The van der Waals surface area contributed by atoms with Crippen LogP contribution >= 0.6 is 12.2 Å². The largest absolute Gasteiger partial charge is 0.329 e. The SMILES string of the molecule is CCC(C)(C)n1c(=S)[nH]c2cccnc21. The number of fused-ring (bicyclic) bond motifs is 1. The van der Waals surface area contributed by atoms with E-state index in [9.17, 15) is 0 Å². The Hall–Kier alpha value is -1.16. The lowest BCUT2D eigenvalue weighted by Gasteiger charge is -2.25. The van der Waals surface area contributed by atoms with E-state index in [1.807, 2.05) is 12.1 Å². The molecule has 0 saturated heterocycles. The number of imidazole rings is 1. The number of pyridine rings is 1. The van der Waals surface area contributed by atoms with Gasteiger partial charge in [0.05, 0.1) is 5.52 Å². The summed E-state index contributed by atoms with van der Waals surface area (Å²) in [4.78, 5) is 7.56. The fourth-order valence-corrected chi connectivity index (χ4v) is 2.10. The van der Waals surface area contributed by atoms with Crippen LogP contribution in [-0.2, 0) is 5.54 Å². The monoisotopic (exact) mass is 221 g/mol. The van der Waals surface area contributed by atoms with E-state index in [0.29, 0.717) is 0 Å². The van der Waals surface area contributed by atoms with Gasteiger partial charge in [-0.1, -0.05) is 6.92 Å². The minimum Gasteiger partial charge on any atom is -0.329 e. The molecule has 0 spiro atoms. The van der Waals surface area contributed by atoms with Gasteiger partial charge in [-0.3, -0.25) is 4.57 Å². The van der Waals surface area contributed by atoms with Gasteiger partial charge in [0.15, 0.2) is 10.4 Å². The van der Waals surface area contributed by atoms with Crippen molar-refractivity contribution < 1.29 is 0 Å². The zero-order chi connectivity index (χ0) is 11.1. The topological polar surface area (TPSA) is 33.6 Å². The summed E-state index contributed by atoms with van der Waals surface area (Å²) in [6.07, 6.45) is 2.82. The first-order chi connectivity index (χ1) is 7.06. The summed E-state index contributed by atoms with van der Waals surface area (Å²) in [5.74, 6) is 0. The Balaban J connectivity index is 2.80. The molecule has 0 amide bonds. The van der Waals surface area contributed by atoms with Crippen molar-refractivity contribution in [2.75, 3.05) is 0 Å². The molecule has 0 atom stereocenters. The van der Waals surface area contributed by atoms with E-state index in [-0.39, 0.29) is 5.54 Å². The summed E-state index contributed by atoms with van der Waals surface area (Å²) in [6, 6.07) is 3.91. The van der Waals surface area contributed by atoms with Crippen molar-refractivity contribution in [1.82, 2.24) is 14.5 Å². The number of hydrogen-bond acceptors (Lipinski definition) is 2. The van der Waals surface area contributed by atoms with Gasteiger partial charge in [0.2, 0.25) is 0 Å². The van der Waals surface area contributed by atoms with Crippen LogP contribution in [0.4, 0.5) is 0 Å². The molecule has 0 bridgehead atoms. The summed E-state index contributed by atoms with van der Waals surface area (Å²) in [5.41, 5.74) is 1.95. The number of nitrogens with zero attached hydrogens (tertiary/aromatic N) is 2. The fraction of sp³-hybridized carbons (Fsp3) is 0.455. The molecule has 2 rings (SSSR count). The van der Waals surface area contributed by atoms with Crippen molar-refractivity contribution in [3.8, 4) is 0 Å². The Morgan fingerprint density at radius 3 is 2.93 bits per heavy atom. The van der Waals surface area contributed by atoms with Crippen LogP contribution in [0.25, 0.3) is 11.2 Å². The van der Waals surface area contributed by atoms with Gasteiger partial charge in [0, 0.05) is 11.7 Å². The zero-order valence-electron chi connectivity index (χ0n) is 9.24. The summed E-state index contributed by atoms with van der Waals surface area (Å²) >= 11 is 5.33. The molecule has 0 aliphatic rings. The van der Waals surface area contributed by atoms with Crippen molar-refractivity contribution in [2.45, 2.75) is 32.7 Å². The van der Waals surface area contributed by atoms with Crippen LogP contribution in [-0.4, -0.2) is 14.5 Å². The summed E-state index contributed by atoms with van der Waals surface area (Å²) < 4.78 is 2.84. The smallest absolute Gasteiger partial charge is 0.179 e. The highest BCUT2D eigenvalue weighted by molar-refractivity contribution is 7.71. The molecule has 80 valence electrons. The van der Waals surface area contributed by atoms with Crippen LogP contribution in [0, 0.1) is 4.77 Å². The minimum absolute atomic E-state index is 0.00366. The highest BCUT2D eigenvalue weighted by Gasteiger charge is 2.21. The minimum atomic E-state index is 0.00366. The van der Waals surface area contributed by atoms with Crippen LogP contribution in [0.15, 0.2) is 18.3 Å². The fourth-order valence-electron chi connectivity index (χ4n) is 1.66. The van der Waals surface area contributed by atoms with Crippen LogP contribution in [0.3, 0.4) is 0 Å². The lowest BCUT2D eigenvalue weighted by atomic mass is 10.0. The Morgan fingerprint density at radius 1 is 1.53 bits per heavy atom. The molecule has 4 heteroatoms. The lowest BCUT2D eigenvalue weighted by Crippen LogP contribution is -2.25. The van der Waals surface area contributed by atoms with Crippen molar-refractivity contribution in [1.29, 1.82) is 0 Å². The van der Waals surface area contributed by atoms with Crippen molar-refractivity contribution in [2.24, 2.45) is 0 Å². The van der Waals surface area contributed by atoms with Gasteiger partial charge in [-0.2, -0.15) is 0 Å². The maximum absolute atomic E-state index is 5.33. The average Bonchev–Trinajstić information content (AvgIpc) is 2.54. The Kier molecular flexibility index (Phi) is 2.38. The van der Waals surface area contributed by atoms with Crippen molar-refractivity contribution in [3.05, 3.63) is 23.1 Å². The van der Waals surface area contributed by atoms with Gasteiger partial charge in [0.25, 0.3) is 0 Å². The second kappa shape index (κ2) is 3.45. The quantitative estimate of drug-likeness (QED) is 0.790. The lowest BCUT2D eigenvalue weighted by molar-refractivity contribution is 0.346. The third-order valence-electron chi connectivity index (χ3n) is 2.91. The molecular weight excluding hydrogens is 206 g/mol. The molecule has 0 unspecified atom stereocenters. The van der Waals surface area contributed by atoms with Crippen LogP contribution in [0.2, 0.25) is 0 Å². The van der Waals surface area contributed by atoms with Gasteiger partial charge in [-0.15, -0.1) is 0 Å². The predicted molar refractivity (Wildman–Crippen MR) is 64.5 cm³/mol. The maximum Gasteiger partial charge on any atom is 0.179 e. The zero-order valence-corrected chi connectivity index (χ0v) is 10.1. The first-order valence-electron chi connectivity index (χ1n) is 5.12. The third-order valence-corrected chi connectivity index (χ3v) is 3.20. The van der Waals surface area contributed by atoms with E-state index in [1.54, 1.807) is 6.20 Å². The molecule has 0 radical (unpaired) electrons. The van der Waals surface area contributed by atoms with Gasteiger partial charge >= 0.3 is 0 Å². The Morgan fingerprint density at radius 2 is 2.27 bits per heavy atom. The van der Waals surface area contributed by atoms with Crippen LogP contribution in [0.5, 0.6) is 0 Å². The number of aromatic amines is 1. The molecule has 2 aromatic rings. The predicted octanol–water partition coefficient (Wildman–Crippen LogP) is 3.24.